The highest BCUT2D eigenvalue weighted by molar-refractivity contribution is 6.76. The van der Waals surface area contributed by atoms with E-state index in [2.05, 4.69) is 19.6 Å². The molecule has 0 fully saturated rings. The molecule has 4 heteroatoms. The van der Waals surface area contributed by atoms with E-state index in [4.69, 9.17) is 16.0 Å². The quantitative estimate of drug-likeness (QED) is 0.392. The zero-order valence-corrected chi connectivity index (χ0v) is 9.88. The van der Waals surface area contributed by atoms with Crippen LogP contribution >= 0.6 is 0 Å². The van der Waals surface area contributed by atoms with E-state index < -0.39 is 14.2 Å². The number of hydrogen-bond acceptors (Lipinski definition) is 3. The zero-order chi connectivity index (χ0) is 11.0. The molecule has 0 unspecified atom stereocenters. The standard InChI is InChI=1S/C9H22O3Si/c1-9(10)7-12-8-11-5-6-13(2,3)4/h9-10H,5-8H2,1-4H3/t9-/m0/s1/i1D. The van der Waals surface area contributed by atoms with Gasteiger partial charge in [-0.3, -0.25) is 0 Å². The van der Waals surface area contributed by atoms with Crippen LogP contribution in [0.2, 0.25) is 25.7 Å². The zero-order valence-electron chi connectivity index (χ0n) is 9.88. The third-order valence-electron chi connectivity index (χ3n) is 1.47. The van der Waals surface area contributed by atoms with E-state index in [1.165, 1.54) is 0 Å². The van der Waals surface area contributed by atoms with Gasteiger partial charge in [-0.15, -0.1) is 0 Å². The van der Waals surface area contributed by atoms with Crippen molar-refractivity contribution in [3.8, 4) is 0 Å². The van der Waals surface area contributed by atoms with Crippen molar-refractivity contribution in [2.45, 2.75) is 38.7 Å². The van der Waals surface area contributed by atoms with E-state index in [1.807, 2.05) is 0 Å². The summed E-state index contributed by atoms with van der Waals surface area (Å²) in [5.41, 5.74) is 0. The monoisotopic (exact) mass is 207 g/mol. The number of aliphatic hydroxyl groups excluding tert-OH is 1. The van der Waals surface area contributed by atoms with E-state index in [-0.39, 0.29) is 20.3 Å². The van der Waals surface area contributed by atoms with Crippen LogP contribution in [0.15, 0.2) is 0 Å². The van der Waals surface area contributed by atoms with Crippen molar-refractivity contribution in [2.24, 2.45) is 0 Å². The van der Waals surface area contributed by atoms with Crippen LogP contribution in [0.4, 0.5) is 0 Å². The molecule has 0 aliphatic rings. The van der Waals surface area contributed by atoms with Crippen molar-refractivity contribution in [3.05, 3.63) is 0 Å². The maximum atomic E-state index is 8.98. The molecule has 0 aliphatic heterocycles. The van der Waals surface area contributed by atoms with Gasteiger partial charge >= 0.3 is 0 Å². The Balaban J connectivity index is 3.14. The van der Waals surface area contributed by atoms with E-state index in [0.717, 1.165) is 12.7 Å². The van der Waals surface area contributed by atoms with Crippen LogP contribution in [0.5, 0.6) is 0 Å². The van der Waals surface area contributed by atoms with Crippen molar-refractivity contribution < 1.29 is 16.0 Å². The summed E-state index contributed by atoms with van der Waals surface area (Å²) >= 11 is 0. The van der Waals surface area contributed by atoms with Gasteiger partial charge in [0, 0.05) is 16.1 Å². The topological polar surface area (TPSA) is 38.7 Å². The summed E-state index contributed by atoms with van der Waals surface area (Å²) < 4.78 is 17.1. The minimum Gasteiger partial charge on any atom is -0.391 e. The molecule has 1 atom stereocenters. The summed E-state index contributed by atoms with van der Waals surface area (Å²) in [6.45, 7) is 8.00. The van der Waals surface area contributed by atoms with Crippen LogP contribution in [0.3, 0.4) is 0 Å². The predicted molar refractivity (Wildman–Crippen MR) is 56.6 cm³/mol. The second-order valence-electron chi connectivity index (χ2n) is 4.36. The van der Waals surface area contributed by atoms with E-state index in [9.17, 15) is 0 Å². The molecular weight excluding hydrogens is 184 g/mol. The smallest absolute Gasteiger partial charge is 0.146 e. The molecule has 0 saturated carbocycles. The highest BCUT2D eigenvalue weighted by atomic mass is 28.3. The molecule has 0 spiro atoms. The lowest BCUT2D eigenvalue weighted by molar-refractivity contribution is -0.0723. The van der Waals surface area contributed by atoms with Gasteiger partial charge in [0.1, 0.15) is 6.79 Å². The maximum absolute atomic E-state index is 8.98. The highest BCUT2D eigenvalue weighted by Gasteiger charge is 2.11. The molecule has 13 heavy (non-hydrogen) atoms. The molecule has 0 radical (unpaired) electrons. The van der Waals surface area contributed by atoms with E-state index in [1.54, 1.807) is 0 Å². The van der Waals surface area contributed by atoms with Crippen LogP contribution in [-0.2, 0) is 9.47 Å². The Kier molecular flexibility index (Phi) is 5.62. The van der Waals surface area contributed by atoms with Crippen LogP contribution < -0.4 is 0 Å². The van der Waals surface area contributed by atoms with Gasteiger partial charge in [-0.25, -0.2) is 0 Å². The highest BCUT2D eigenvalue weighted by Crippen LogP contribution is 2.07. The Morgan fingerprint density at radius 3 is 2.62 bits per heavy atom. The van der Waals surface area contributed by atoms with Gasteiger partial charge in [-0.2, -0.15) is 0 Å². The largest absolute Gasteiger partial charge is 0.391 e. The molecule has 0 heterocycles. The summed E-state index contributed by atoms with van der Waals surface area (Å²) in [6.07, 6.45) is -0.685. The van der Waals surface area contributed by atoms with Crippen molar-refractivity contribution in [2.75, 3.05) is 20.0 Å². The SMILES string of the molecule is [2H]C[C@H](O)COCOCC[Si](C)(C)C. The number of ether oxygens (including phenoxy) is 2. The molecule has 0 aromatic rings. The van der Waals surface area contributed by atoms with Crippen LogP contribution in [-0.4, -0.2) is 39.3 Å². The van der Waals surface area contributed by atoms with Gasteiger partial charge in [0.05, 0.1) is 12.7 Å². The Hall–Kier alpha value is 0.0969. The Morgan fingerprint density at radius 2 is 2.08 bits per heavy atom. The lowest BCUT2D eigenvalue weighted by Gasteiger charge is -2.15. The Morgan fingerprint density at radius 1 is 1.38 bits per heavy atom. The van der Waals surface area contributed by atoms with Gasteiger partial charge in [-0.1, -0.05) is 19.6 Å². The van der Waals surface area contributed by atoms with Crippen molar-refractivity contribution >= 4 is 8.07 Å². The molecule has 0 aromatic carbocycles. The maximum Gasteiger partial charge on any atom is 0.146 e. The number of aliphatic hydroxyl groups is 1. The minimum absolute atomic E-state index is 0.0189. The summed E-state index contributed by atoms with van der Waals surface area (Å²) in [4.78, 5) is 0. The lowest BCUT2D eigenvalue weighted by Crippen LogP contribution is -2.22. The summed E-state index contributed by atoms with van der Waals surface area (Å²) in [5, 5.41) is 8.98. The van der Waals surface area contributed by atoms with Crippen molar-refractivity contribution in [1.82, 2.24) is 0 Å². The molecule has 3 nitrogen and oxygen atoms in total. The third kappa shape index (κ3) is 12.1. The average molecular weight is 207 g/mol. The molecule has 1 N–H and O–H groups in total. The molecule has 0 aliphatic carbocycles. The second kappa shape index (κ2) is 6.54. The Bertz CT molecular complexity index is 139. The van der Waals surface area contributed by atoms with Crippen LogP contribution in [0.25, 0.3) is 0 Å². The van der Waals surface area contributed by atoms with Crippen molar-refractivity contribution in [3.63, 3.8) is 0 Å². The normalized spacial score (nSPS) is 15.5. The summed E-state index contributed by atoms with van der Waals surface area (Å²) in [7, 11) is -1.01. The molecule has 0 amide bonds. The van der Waals surface area contributed by atoms with Gasteiger partial charge in [0.25, 0.3) is 0 Å². The number of rotatable bonds is 7. The average Bonchev–Trinajstić information content (AvgIpc) is 2.08. The van der Waals surface area contributed by atoms with E-state index in [0.29, 0.717) is 0 Å². The van der Waals surface area contributed by atoms with Gasteiger partial charge < -0.3 is 14.6 Å². The minimum atomic E-state index is -1.01. The fourth-order valence-electron chi connectivity index (χ4n) is 0.680. The first kappa shape index (κ1) is 11.2. The van der Waals surface area contributed by atoms with Crippen LogP contribution in [0.1, 0.15) is 8.27 Å². The first-order chi connectivity index (χ1) is 6.45. The molecule has 0 bridgehead atoms. The second-order valence-corrected chi connectivity index (χ2v) is 9.98. The molecule has 0 saturated heterocycles. The van der Waals surface area contributed by atoms with Gasteiger partial charge in [-0.05, 0) is 12.9 Å². The first-order valence-corrected chi connectivity index (χ1v) is 8.29. The molecular formula is C9H22O3Si. The van der Waals surface area contributed by atoms with Crippen LogP contribution in [0, 0.1) is 0 Å². The fraction of sp³-hybridized carbons (Fsp3) is 1.00. The molecule has 80 valence electrons. The van der Waals surface area contributed by atoms with Gasteiger partial charge in [0.15, 0.2) is 0 Å². The Labute approximate surface area is 83.5 Å². The first-order valence-electron chi connectivity index (χ1n) is 5.29. The van der Waals surface area contributed by atoms with Crippen molar-refractivity contribution in [1.29, 1.82) is 0 Å². The third-order valence-corrected chi connectivity index (χ3v) is 3.18. The molecule has 0 rings (SSSR count). The fourth-order valence-corrected chi connectivity index (χ4v) is 1.44. The van der Waals surface area contributed by atoms with Gasteiger partial charge in [0.2, 0.25) is 0 Å². The van der Waals surface area contributed by atoms with E-state index >= 15 is 0 Å². The molecule has 0 aromatic heterocycles. The summed E-state index contributed by atoms with van der Waals surface area (Å²) in [5.74, 6) is 0. The predicted octanol–water partition coefficient (Wildman–Crippen LogP) is 1.70. The number of hydrogen-bond donors (Lipinski definition) is 1. The summed E-state index contributed by atoms with van der Waals surface area (Å²) in [6, 6.07) is 1.12. The lowest BCUT2D eigenvalue weighted by atomic mass is 10.5.